The molecule has 0 aliphatic carbocycles. The molecule has 39 heavy (non-hydrogen) atoms. The molecule has 0 saturated carbocycles. The molecule has 0 amide bonds. The minimum absolute atomic E-state index is 0.202. The van der Waals surface area contributed by atoms with Crippen molar-refractivity contribution in [2.24, 2.45) is 5.92 Å². The lowest BCUT2D eigenvalue weighted by molar-refractivity contribution is -0.0593. The van der Waals surface area contributed by atoms with Crippen LogP contribution in [0.1, 0.15) is 31.7 Å². The quantitative estimate of drug-likeness (QED) is 0.335. The van der Waals surface area contributed by atoms with Gasteiger partial charge in [-0.2, -0.15) is 16.7 Å². The number of nitrogens with zero attached hydrogens (tertiary/aromatic N) is 5. The number of methoxy groups -OCH3 is 1. The van der Waals surface area contributed by atoms with Crippen LogP contribution in [0, 0.1) is 5.92 Å². The first-order valence-corrected chi connectivity index (χ1v) is 15.2. The molecule has 2 unspecified atom stereocenters. The predicted octanol–water partition coefficient (Wildman–Crippen LogP) is 4.29. The summed E-state index contributed by atoms with van der Waals surface area (Å²) in [7, 11) is 1.64. The van der Waals surface area contributed by atoms with E-state index in [0.717, 1.165) is 24.8 Å². The van der Waals surface area contributed by atoms with Crippen LogP contribution in [-0.4, -0.2) is 90.8 Å². The van der Waals surface area contributed by atoms with Crippen LogP contribution in [-0.2, 0) is 9.47 Å². The molecule has 9 nitrogen and oxygen atoms in total. The Labute approximate surface area is 235 Å². The molecule has 2 fully saturated rings. The van der Waals surface area contributed by atoms with Gasteiger partial charge < -0.3 is 29.7 Å². The molecule has 2 aliphatic rings. The Morgan fingerprint density at radius 1 is 1.08 bits per heavy atom. The minimum Gasteiger partial charge on any atom is -0.389 e. The first-order valence-electron chi connectivity index (χ1n) is 13.8. The van der Waals surface area contributed by atoms with Crippen molar-refractivity contribution >= 4 is 45.8 Å². The number of hydrogen-bond acceptors (Lipinski definition) is 10. The number of benzene rings is 1. The standard InChI is InChI=1S/C29H40N6O3S/c1-19(2)21-5-6-24(35-15-20(16-35)18-39-4)23-14-31-28(13-22(21)23)32-27-7-9-30-29(33-27)34-10-8-26(25(36)17-34)38-12-11-37-3/h5-7,9,13-14,19-20,25-26,36H,8,10-12,15-18H2,1-4H3,(H,30,31,32,33). The molecule has 2 aliphatic heterocycles. The Morgan fingerprint density at radius 2 is 1.92 bits per heavy atom. The third kappa shape index (κ3) is 6.40. The largest absolute Gasteiger partial charge is 0.389 e. The van der Waals surface area contributed by atoms with E-state index in [4.69, 9.17) is 19.4 Å². The van der Waals surface area contributed by atoms with E-state index in [-0.39, 0.29) is 6.10 Å². The lowest BCUT2D eigenvalue weighted by Crippen LogP contribution is -2.48. The molecule has 0 radical (unpaired) electrons. The van der Waals surface area contributed by atoms with E-state index in [9.17, 15) is 5.11 Å². The Balaban J connectivity index is 1.32. The molecule has 2 atom stereocenters. The highest BCUT2D eigenvalue weighted by Crippen LogP contribution is 2.37. The average Bonchev–Trinajstić information content (AvgIpc) is 2.91. The normalized spacial score (nSPS) is 20.1. The molecular weight excluding hydrogens is 512 g/mol. The number of aliphatic hydroxyl groups excluding tert-OH is 1. The van der Waals surface area contributed by atoms with E-state index in [2.05, 4.69) is 53.5 Å². The van der Waals surface area contributed by atoms with Crippen molar-refractivity contribution < 1.29 is 14.6 Å². The minimum atomic E-state index is -0.607. The second kappa shape index (κ2) is 12.7. The number of rotatable bonds is 11. The van der Waals surface area contributed by atoms with Crippen molar-refractivity contribution in [1.82, 2.24) is 15.0 Å². The van der Waals surface area contributed by atoms with Crippen molar-refractivity contribution in [3.05, 3.63) is 42.2 Å². The second-order valence-corrected chi connectivity index (χ2v) is 11.7. The van der Waals surface area contributed by atoms with Crippen LogP contribution < -0.4 is 15.1 Å². The van der Waals surface area contributed by atoms with Crippen molar-refractivity contribution in [1.29, 1.82) is 0 Å². The van der Waals surface area contributed by atoms with Crippen LogP contribution >= 0.6 is 11.8 Å². The maximum absolute atomic E-state index is 10.6. The van der Waals surface area contributed by atoms with Gasteiger partial charge in [0, 0.05) is 62.7 Å². The van der Waals surface area contributed by atoms with E-state index >= 15 is 0 Å². The van der Waals surface area contributed by atoms with Gasteiger partial charge in [0.05, 0.1) is 25.4 Å². The highest BCUT2D eigenvalue weighted by atomic mass is 32.2. The van der Waals surface area contributed by atoms with Gasteiger partial charge in [-0.3, -0.25) is 0 Å². The highest BCUT2D eigenvalue weighted by molar-refractivity contribution is 7.98. The van der Waals surface area contributed by atoms with E-state index in [1.165, 1.54) is 27.8 Å². The summed E-state index contributed by atoms with van der Waals surface area (Å²) in [6.07, 6.45) is 5.81. The third-order valence-electron chi connectivity index (χ3n) is 7.56. The Hall–Kier alpha value is -2.66. The summed E-state index contributed by atoms with van der Waals surface area (Å²) in [5, 5.41) is 16.4. The highest BCUT2D eigenvalue weighted by Gasteiger charge is 2.30. The van der Waals surface area contributed by atoms with Gasteiger partial charge in [-0.05, 0) is 53.5 Å². The van der Waals surface area contributed by atoms with Gasteiger partial charge >= 0.3 is 0 Å². The molecule has 3 aromatic rings. The molecule has 1 aromatic carbocycles. The zero-order chi connectivity index (χ0) is 27.4. The zero-order valence-corrected chi connectivity index (χ0v) is 24.2. The number of pyridine rings is 1. The number of aromatic nitrogens is 3. The van der Waals surface area contributed by atoms with E-state index < -0.39 is 6.10 Å². The number of aliphatic hydroxyl groups is 1. The maximum Gasteiger partial charge on any atom is 0.227 e. The number of hydrogen-bond donors (Lipinski definition) is 2. The third-order valence-corrected chi connectivity index (χ3v) is 8.36. The molecular formula is C29H40N6O3S. The molecule has 10 heteroatoms. The van der Waals surface area contributed by atoms with Gasteiger partial charge in [0.2, 0.25) is 5.95 Å². The van der Waals surface area contributed by atoms with E-state index in [1.54, 1.807) is 13.3 Å². The summed E-state index contributed by atoms with van der Waals surface area (Å²) in [5.41, 5.74) is 2.58. The Bertz CT molecular complexity index is 1250. The van der Waals surface area contributed by atoms with Gasteiger partial charge in [0.15, 0.2) is 0 Å². The predicted molar refractivity (Wildman–Crippen MR) is 160 cm³/mol. The molecule has 210 valence electrons. The van der Waals surface area contributed by atoms with E-state index in [1.807, 2.05) is 28.9 Å². The smallest absolute Gasteiger partial charge is 0.227 e. The molecule has 2 saturated heterocycles. The second-order valence-electron chi connectivity index (χ2n) is 10.7. The Kier molecular flexibility index (Phi) is 9.06. The zero-order valence-electron chi connectivity index (χ0n) is 23.3. The number of ether oxygens (including phenoxy) is 2. The molecule has 0 bridgehead atoms. The van der Waals surface area contributed by atoms with Crippen LogP contribution in [0.4, 0.5) is 23.3 Å². The van der Waals surface area contributed by atoms with Gasteiger partial charge in [-0.1, -0.05) is 19.9 Å². The number of anilines is 4. The molecule has 4 heterocycles. The molecule has 0 spiro atoms. The van der Waals surface area contributed by atoms with Gasteiger partial charge in [0.1, 0.15) is 11.6 Å². The SMILES string of the molecule is COCCOC1CCN(c2nccc(Nc3cc4c(C(C)C)ccc(N5CC(CSC)C5)c4cn3)n2)CC1O. The van der Waals surface area contributed by atoms with Crippen molar-refractivity contribution in [2.45, 2.75) is 38.4 Å². The van der Waals surface area contributed by atoms with Crippen molar-refractivity contribution in [3.63, 3.8) is 0 Å². The summed E-state index contributed by atoms with van der Waals surface area (Å²) in [6, 6.07) is 8.52. The van der Waals surface area contributed by atoms with Gasteiger partial charge in [-0.25, -0.2) is 9.97 Å². The number of fused-ring (bicyclic) bond motifs is 1. The molecule has 2 N–H and O–H groups in total. The lowest BCUT2D eigenvalue weighted by Gasteiger charge is -2.41. The number of nitrogens with one attached hydrogen (secondary N) is 1. The summed E-state index contributed by atoms with van der Waals surface area (Å²) in [5.74, 6) is 4.37. The van der Waals surface area contributed by atoms with Crippen molar-refractivity contribution in [2.75, 3.05) is 73.6 Å². The maximum atomic E-state index is 10.6. The fraction of sp³-hybridized carbons (Fsp3) is 0.552. The first kappa shape index (κ1) is 27.9. The van der Waals surface area contributed by atoms with Gasteiger partial charge in [0.25, 0.3) is 0 Å². The van der Waals surface area contributed by atoms with E-state index in [0.29, 0.717) is 50.4 Å². The number of β-amino-alcohol motifs (C(OH)–C–C–N with tert-alkyl or cyclic N) is 1. The fourth-order valence-corrected chi connectivity index (χ4v) is 6.15. The number of piperidine rings is 1. The molecule has 2 aromatic heterocycles. The van der Waals surface area contributed by atoms with Crippen LogP contribution in [0.25, 0.3) is 10.8 Å². The van der Waals surface area contributed by atoms with Crippen LogP contribution in [0.5, 0.6) is 0 Å². The van der Waals surface area contributed by atoms with Crippen LogP contribution in [0.2, 0.25) is 0 Å². The summed E-state index contributed by atoms with van der Waals surface area (Å²) < 4.78 is 10.8. The summed E-state index contributed by atoms with van der Waals surface area (Å²) in [6.45, 7) is 8.80. The fourth-order valence-electron chi connectivity index (χ4n) is 5.47. The van der Waals surface area contributed by atoms with Gasteiger partial charge in [-0.15, -0.1) is 0 Å². The lowest BCUT2D eigenvalue weighted by atomic mass is 9.93. The Morgan fingerprint density at radius 3 is 2.67 bits per heavy atom. The number of thioether (sulfide) groups is 1. The van der Waals surface area contributed by atoms with Crippen molar-refractivity contribution in [3.8, 4) is 0 Å². The summed E-state index contributed by atoms with van der Waals surface area (Å²) >= 11 is 1.93. The monoisotopic (exact) mass is 552 g/mol. The first-order chi connectivity index (χ1) is 19.0. The topological polar surface area (TPSA) is 95.9 Å². The average molecular weight is 553 g/mol. The van der Waals surface area contributed by atoms with Crippen LogP contribution in [0.15, 0.2) is 36.7 Å². The van der Waals surface area contributed by atoms with Crippen LogP contribution in [0.3, 0.4) is 0 Å². The molecule has 5 rings (SSSR count). The summed E-state index contributed by atoms with van der Waals surface area (Å²) in [4.78, 5) is 18.5.